The number of benzene rings is 1. The van der Waals surface area contributed by atoms with Gasteiger partial charge < -0.3 is 20.4 Å². The number of hydrogen-bond donors (Lipinski definition) is 4. The van der Waals surface area contributed by atoms with Crippen molar-refractivity contribution in [2.75, 3.05) is 26.0 Å². The number of ether oxygens (including phenoxy) is 1. The Morgan fingerprint density at radius 1 is 1.30 bits per heavy atom. The number of anilines is 1. The van der Waals surface area contributed by atoms with Crippen molar-refractivity contribution >= 4 is 22.1 Å². The lowest BCUT2D eigenvalue weighted by atomic mass is 10.1. The van der Waals surface area contributed by atoms with E-state index >= 15 is 4.39 Å². The van der Waals surface area contributed by atoms with Crippen LogP contribution in [0.4, 0.5) is 15.1 Å². The van der Waals surface area contributed by atoms with Crippen molar-refractivity contribution in [2.45, 2.75) is 50.0 Å². The van der Waals surface area contributed by atoms with Crippen LogP contribution in [0.1, 0.15) is 38.1 Å². The number of methoxy groups -OCH3 is 1. The van der Waals surface area contributed by atoms with Crippen molar-refractivity contribution in [2.24, 2.45) is 0 Å². The predicted molar refractivity (Wildman–Crippen MR) is 136 cm³/mol. The van der Waals surface area contributed by atoms with Gasteiger partial charge in [0.25, 0.3) is 0 Å². The molecule has 37 heavy (non-hydrogen) atoms. The third-order valence-electron chi connectivity index (χ3n) is 6.30. The summed E-state index contributed by atoms with van der Waals surface area (Å²) in [5.74, 6) is 0.0784. The first-order valence-corrected chi connectivity index (χ1v) is 13.2. The molecule has 3 aromatic rings. The van der Waals surface area contributed by atoms with Crippen LogP contribution in [0, 0.1) is 12.7 Å². The predicted octanol–water partition coefficient (Wildman–Crippen LogP) is 3.10. The highest BCUT2D eigenvalue weighted by Gasteiger charge is 2.43. The van der Waals surface area contributed by atoms with E-state index in [4.69, 9.17) is 4.98 Å². The molecule has 4 N–H and O–H groups in total. The number of H-pyrrole nitrogens is 1. The van der Waals surface area contributed by atoms with E-state index in [1.807, 2.05) is 0 Å². The first-order valence-electron chi connectivity index (χ1n) is 11.7. The molecule has 1 aromatic carbocycles. The number of nitrogens with one attached hydrogen (secondary N) is 4. The maximum Gasteiger partial charge on any atom is 0.407 e. The van der Waals surface area contributed by atoms with Crippen LogP contribution < -0.4 is 15.4 Å². The van der Waals surface area contributed by atoms with Gasteiger partial charge in [0.05, 0.1) is 18.5 Å². The molecule has 13 heteroatoms. The summed E-state index contributed by atoms with van der Waals surface area (Å²) in [6, 6.07) is 4.26. The van der Waals surface area contributed by atoms with Crippen molar-refractivity contribution in [3.05, 3.63) is 41.6 Å². The molecule has 2 heterocycles. The smallest absolute Gasteiger partial charge is 0.407 e. The summed E-state index contributed by atoms with van der Waals surface area (Å²) in [4.78, 5) is 27.8. The van der Waals surface area contributed by atoms with Crippen molar-refractivity contribution in [3.63, 3.8) is 0 Å². The second-order valence-electron chi connectivity index (χ2n) is 9.39. The van der Waals surface area contributed by atoms with Crippen LogP contribution in [0.2, 0.25) is 0 Å². The number of imidazole rings is 1. The normalized spacial score (nSPS) is 15.2. The van der Waals surface area contributed by atoms with Gasteiger partial charge >= 0.3 is 6.09 Å². The SMILES string of the molecule is CNS(=O)(=O)c1cc(C)cc(-c2nc(C3(C)CC3)[nH]c2-c2ccnc(NC[C@H](C)NC(=O)OC)n2)c1F. The van der Waals surface area contributed by atoms with Crippen molar-refractivity contribution in [3.8, 4) is 22.6 Å². The largest absolute Gasteiger partial charge is 0.453 e. The van der Waals surface area contributed by atoms with Crippen LogP contribution in [0.15, 0.2) is 29.3 Å². The Kier molecular flexibility index (Phi) is 7.20. The number of aromatic nitrogens is 4. The Hall–Kier alpha value is -3.58. The molecule has 1 aliphatic rings. The fraction of sp³-hybridized carbons (Fsp3) is 0.417. The number of carbonyl (C=O) groups is 1. The van der Waals surface area contributed by atoms with Gasteiger partial charge in [0.15, 0.2) is 5.82 Å². The number of amides is 1. The van der Waals surface area contributed by atoms with Gasteiger partial charge in [0.2, 0.25) is 16.0 Å². The quantitative estimate of drug-likeness (QED) is 0.329. The summed E-state index contributed by atoms with van der Waals surface area (Å²) in [7, 11) is -1.52. The molecular formula is C24H30FN7O4S. The third-order valence-corrected chi connectivity index (χ3v) is 7.71. The van der Waals surface area contributed by atoms with E-state index in [1.165, 1.54) is 20.2 Å². The summed E-state index contributed by atoms with van der Waals surface area (Å²) in [5, 5.41) is 5.71. The molecular weight excluding hydrogens is 501 g/mol. The van der Waals surface area contributed by atoms with Gasteiger partial charge in [-0.25, -0.2) is 37.3 Å². The fourth-order valence-electron chi connectivity index (χ4n) is 3.82. The second kappa shape index (κ2) is 10.1. The van der Waals surface area contributed by atoms with Gasteiger partial charge in [-0.3, -0.25) is 0 Å². The van der Waals surface area contributed by atoms with Gasteiger partial charge in [0.1, 0.15) is 16.4 Å². The third kappa shape index (κ3) is 5.57. The lowest BCUT2D eigenvalue weighted by molar-refractivity contribution is 0.168. The lowest BCUT2D eigenvalue weighted by Gasteiger charge is -2.14. The molecule has 0 unspecified atom stereocenters. The molecule has 1 atom stereocenters. The molecule has 198 valence electrons. The van der Waals surface area contributed by atoms with E-state index in [9.17, 15) is 13.2 Å². The van der Waals surface area contributed by atoms with Crippen molar-refractivity contribution < 1.29 is 22.3 Å². The van der Waals surface area contributed by atoms with Crippen molar-refractivity contribution in [1.29, 1.82) is 0 Å². The number of aromatic amines is 1. The number of alkyl carbamates (subject to hydrolysis) is 1. The molecule has 1 saturated carbocycles. The van der Waals surface area contributed by atoms with E-state index in [0.29, 0.717) is 35.3 Å². The van der Waals surface area contributed by atoms with Gasteiger partial charge in [-0.15, -0.1) is 0 Å². The summed E-state index contributed by atoms with van der Waals surface area (Å²) in [6.45, 7) is 5.88. The minimum absolute atomic E-state index is 0.0552. The van der Waals surface area contributed by atoms with Crippen LogP contribution in [0.5, 0.6) is 0 Å². The van der Waals surface area contributed by atoms with E-state index in [1.54, 1.807) is 32.2 Å². The average Bonchev–Trinajstić information content (AvgIpc) is 3.46. The highest BCUT2D eigenvalue weighted by Crippen LogP contribution is 2.48. The number of rotatable bonds is 9. The Morgan fingerprint density at radius 3 is 2.68 bits per heavy atom. The number of nitrogens with zero attached hydrogens (tertiary/aromatic N) is 3. The molecule has 1 fully saturated rings. The summed E-state index contributed by atoms with van der Waals surface area (Å²) >= 11 is 0. The zero-order valence-electron chi connectivity index (χ0n) is 21.3. The average molecular weight is 532 g/mol. The highest BCUT2D eigenvalue weighted by molar-refractivity contribution is 7.89. The molecule has 1 amide bonds. The molecule has 1 aliphatic carbocycles. The number of aryl methyl sites for hydroxylation is 1. The molecule has 2 aromatic heterocycles. The summed E-state index contributed by atoms with van der Waals surface area (Å²) < 4.78 is 47.5. The summed E-state index contributed by atoms with van der Waals surface area (Å²) in [6.07, 6.45) is 2.86. The van der Waals surface area contributed by atoms with Gasteiger partial charge in [0, 0.05) is 29.8 Å². The second-order valence-corrected chi connectivity index (χ2v) is 11.2. The first kappa shape index (κ1) is 26.5. The molecule has 0 bridgehead atoms. The van der Waals surface area contributed by atoms with Crippen LogP contribution >= 0.6 is 0 Å². The Balaban J connectivity index is 1.76. The van der Waals surface area contributed by atoms with Crippen LogP contribution in [-0.2, 0) is 20.2 Å². The number of carbonyl (C=O) groups excluding carboxylic acids is 1. The first-order chi connectivity index (χ1) is 17.5. The van der Waals surface area contributed by atoms with Crippen molar-refractivity contribution in [1.82, 2.24) is 30.0 Å². The number of sulfonamides is 1. The molecule has 0 aliphatic heterocycles. The lowest BCUT2D eigenvalue weighted by Crippen LogP contribution is -2.37. The van der Waals surface area contributed by atoms with Gasteiger partial charge in [-0.1, -0.05) is 6.92 Å². The van der Waals surface area contributed by atoms with E-state index < -0.39 is 26.8 Å². The highest BCUT2D eigenvalue weighted by atomic mass is 32.2. The van der Waals surface area contributed by atoms with Gasteiger partial charge in [-0.05, 0) is 57.5 Å². The summed E-state index contributed by atoms with van der Waals surface area (Å²) in [5.41, 5.74) is 1.61. The maximum absolute atomic E-state index is 15.7. The molecule has 0 saturated heterocycles. The zero-order chi connectivity index (χ0) is 27.0. The molecule has 11 nitrogen and oxygen atoms in total. The fourth-order valence-corrected chi connectivity index (χ4v) is 4.72. The maximum atomic E-state index is 15.7. The molecule has 0 spiro atoms. The van der Waals surface area contributed by atoms with Crippen LogP contribution in [0.3, 0.4) is 0 Å². The Morgan fingerprint density at radius 2 is 2.03 bits per heavy atom. The monoisotopic (exact) mass is 531 g/mol. The zero-order valence-corrected chi connectivity index (χ0v) is 22.1. The molecule has 0 radical (unpaired) electrons. The van der Waals surface area contributed by atoms with E-state index in [-0.39, 0.29) is 22.7 Å². The number of hydrogen-bond acceptors (Lipinski definition) is 8. The van der Waals surface area contributed by atoms with Gasteiger partial charge in [-0.2, -0.15) is 0 Å². The standard InChI is InChI=1S/C24H30FN7O4S/c1-13-10-15(18(25)17(11-13)37(34,35)26-4)19-20(32-21(31-19)24(3)7-8-24)16-6-9-27-22(30-16)28-12-14(2)29-23(33)36-5/h6,9-11,14,26H,7-8,12H2,1-5H3,(H,29,33)(H,31,32)(H,27,28,30)/t14-/m0/s1. The van der Waals surface area contributed by atoms with Crippen LogP contribution in [0.25, 0.3) is 22.6 Å². The number of halogens is 1. The van der Waals surface area contributed by atoms with E-state index in [0.717, 1.165) is 12.8 Å². The van der Waals surface area contributed by atoms with Crippen LogP contribution in [-0.4, -0.2) is 61.2 Å². The Bertz CT molecular complexity index is 1440. The molecule has 4 rings (SSSR count). The van der Waals surface area contributed by atoms with E-state index in [2.05, 4.69) is 42.0 Å². The minimum atomic E-state index is -4.04. The topological polar surface area (TPSA) is 151 Å². The minimum Gasteiger partial charge on any atom is -0.453 e. The Labute approximate surface area is 214 Å².